The number of amides is 1. The van der Waals surface area contributed by atoms with Gasteiger partial charge in [0.1, 0.15) is 5.82 Å². The molecule has 0 radical (unpaired) electrons. The Morgan fingerprint density at radius 3 is 2.71 bits per heavy atom. The topological polar surface area (TPSA) is 72.7 Å². The largest absolute Gasteiger partial charge is 0.290 e. The molecule has 0 aliphatic rings. The molecule has 0 fully saturated rings. The Labute approximate surface area is 139 Å². The van der Waals surface area contributed by atoms with Gasteiger partial charge in [-0.3, -0.25) is 14.7 Å². The van der Waals surface area contributed by atoms with Gasteiger partial charge in [-0.15, -0.1) is 0 Å². The number of carbonyl (C=O) groups excluding carboxylic acids is 1. The number of carbonyl (C=O) groups is 1. The number of nitrogens with zero attached hydrogens (tertiary/aromatic N) is 4. The lowest BCUT2D eigenvalue weighted by Gasteiger charge is -2.10. The molecule has 4 aromatic rings. The van der Waals surface area contributed by atoms with Crippen molar-refractivity contribution < 1.29 is 9.18 Å². The smallest absolute Gasteiger partial charge is 0.279 e. The molecule has 0 unspecified atom stereocenters. The summed E-state index contributed by atoms with van der Waals surface area (Å²) in [5.41, 5.74) is 1.83. The second-order valence-electron chi connectivity index (χ2n) is 4.96. The third-order valence-electron chi connectivity index (χ3n) is 3.47. The Morgan fingerprint density at radius 1 is 1.12 bits per heavy atom. The summed E-state index contributed by atoms with van der Waals surface area (Å²) in [6, 6.07) is 13.6. The molecule has 1 N–H and O–H groups in total. The van der Waals surface area contributed by atoms with Crippen molar-refractivity contribution in [3.63, 3.8) is 0 Å². The number of anilines is 1. The zero-order chi connectivity index (χ0) is 16.5. The number of hydrogen-bond donors (Lipinski definition) is 1. The van der Waals surface area contributed by atoms with Gasteiger partial charge in [-0.05, 0) is 24.3 Å². The summed E-state index contributed by atoms with van der Waals surface area (Å²) in [5.74, 6) is -0.637. The first-order valence-electron chi connectivity index (χ1n) is 7.05. The minimum absolute atomic E-state index is 0.187. The fourth-order valence-corrected chi connectivity index (χ4v) is 2.83. The van der Waals surface area contributed by atoms with E-state index in [9.17, 15) is 9.18 Å². The molecule has 2 heterocycles. The summed E-state index contributed by atoms with van der Waals surface area (Å²) in [6.45, 7) is 0. The SMILES string of the molecule is O=C(Nc1nc2ccccc2n1-c1ccccc1F)c1cnsn1. The minimum Gasteiger partial charge on any atom is -0.290 e. The maximum absolute atomic E-state index is 14.3. The highest BCUT2D eigenvalue weighted by atomic mass is 32.1. The molecular formula is C16H10FN5OS. The van der Waals surface area contributed by atoms with Gasteiger partial charge in [-0.25, -0.2) is 9.37 Å². The lowest BCUT2D eigenvalue weighted by atomic mass is 10.2. The molecule has 0 saturated carbocycles. The Hall–Kier alpha value is -3.13. The Bertz CT molecular complexity index is 1030. The minimum atomic E-state index is -0.448. The van der Waals surface area contributed by atoms with Gasteiger partial charge < -0.3 is 0 Å². The molecule has 2 aromatic carbocycles. The van der Waals surface area contributed by atoms with Crippen LogP contribution in [0.5, 0.6) is 0 Å². The first-order chi connectivity index (χ1) is 11.7. The second kappa shape index (κ2) is 5.82. The average molecular weight is 339 g/mol. The third kappa shape index (κ3) is 2.42. The van der Waals surface area contributed by atoms with Gasteiger partial charge in [0.05, 0.1) is 34.6 Å². The molecule has 0 atom stereocenters. The van der Waals surface area contributed by atoms with Crippen molar-refractivity contribution in [3.05, 3.63) is 66.2 Å². The van der Waals surface area contributed by atoms with Crippen LogP contribution in [0.3, 0.4) is 0 Å². The number of nitrogens with one attached hydrogen (secondary N) is 1. The number of halogens is 1. The van der Waals surface area contributed by atoms with Gasteiger partial charge in [0, 0.05) is 0 Å². The summed E-state index contributed by atoms with van der Waals surface area (Å²) >= 11 is 0.938. The predicted molar refractivity (Wildman–Crippen MR) is 88.9 cm³/mol. The maximum atomic E-state index is 14.3. The average Bonchev–Trinajstić information content (AvgIpc) is 3.23. The normalized spacial score (nSPS) is 10.9. The van der Waals surface area contributed by atoms with Gasteiger partial charge in [-0.1, -0.05) is 24.3 Å². The molecule has 1 amide bonds. The molecule has 0 aliphatic carbocycles. The molecule has 2 aromatic heterocycles. The van der Waals surface area contributed by atoms with Crippen LogP contribution < -0.4 is 5.32 Å². The number of para-hydroxylation sites is 3. The van der Waals surface area contributed by atoms with Crippen molar-refractivity contribution in [2.45, 2.75) is 0 Å². The summed E-state index contributed by atoms with van der Waals surface area (Å²) in [6.07, 6.45) is 1.37. The second-order valence-corrected chi connectivity index (χ2v) is 5.51. The Balaban J connectivity index is 1.88. The van der Waals surface area contributed by atoms with Gasteiger partial charge in [0.15, 0.2) is 5.69 Å². The summed E-state index contributed by atoms with van der Waals surface area (Å²) in [5, 5.41) is 2.68. The molecule has 0 aliphatic heterocycles. The number of hydrogen-bond acceptors (Lipinski definition) is 5. The van der Waals surface area contributed by atoms with E-state index in [4.69, 9.17) is 0 Å². The lowest BCUT2D eigenvalue weighted by Crippen LogP contribution is -2.16. The summed E-state index contributed by atoms with van der Waals surface area (Å²) < 4.78 is 23.6. The van der Waals surface area contributed by atoms with E-state index in [-0.39, 0.29) is 11.6 Å². The first kappa shape index (κ1) is 14.5. The van der Waals surface area contributed by atoms with E-state index < -0.39 is 11.7 Å². The summed E-state index contributed by atoms with van der Waals surface area (Å²) in [4.78, 5) is 16.7. The quantitative estimate of drug-likeness (QED) is 0.622. The number of imidazole rings is 1. The van der Waals surface area contributed by atoms with Crippen molar-refractivity contribution in [2.24, 2.45) is 0 Å². The van der Waals surface area contributed by atoms with E-state index in [1.165, 1.54) is 12.3 Å². The van der Waals surface area contributed by atoms with E-state index in [0.29, 0.717) is 16.7 Å². The molecule has 4 rings (SSSR count). The van der Waals surface area contributed by atoms with Crippen LogP contribution in [-0.4, -0.2) is 24.2 Å². The number of aromatic nitrogens is 4. The first-order valence-corrected chi connectivity index (χ1v) is 7.78. The molecule has 0 spiro atoms. The van der Waals surface area contributed by atoms with Crippen LogP contribution in [0, 0.1) is 5.82 Å². The Kier molecular flexibility index (Phi) is 3.51. The van der Waals surface area contributed by atoms with Crippen LogP contribution in [0.4, 0.5) is 10.3 Å². The van der Waals surface area contributed by atoms with Crippen LogP contribution in [0.15, 0.2) is 54.7 Å². The van der Waals surface area contributed by atoms with Crippen LogP contribution in [0.25, 0.3) is 16.7 Å². The van der Waals surface area contributed by atoms with Gasteiger partial charge in [0.25, 0.3) is 5.91 Å². The van der Waals surface area contributed by atoms with Crippen molar-refractivity contribution in [1.82, 2.24) is 18.3 Å². The van der Waals surface area contributed by atoms with Crippen molar-refractivity contribution in [3.8, 4) is 5.69 Å². The van der Waals surface area contributed by atoms with Crippen molar-refractivity contribution in [1.29, 1.82) is 0 Å². The van der Waals surface area contributed by atoms with E-state index in [1.807, 2.05) is 18.2 Å². The lowest BCUT2D eigenvalue weighted by molar-refractivity contribution is 0.102. The number of fused-ring (bicyclic) bond motifs is 1. The monoisotopic (exact) mass is 339 g/mol. The highest BCUT2D eigenvalue weighted by molar-refractivity contribution is 6.99. The molecule has 6 nitrogen and oxygen atoms in total. The maximum Gasteiger partial charge on any atom is 0.279 e. The van der Waals surface area contributed by atoms with Crippen LogP contribution in [-0.2, 0) is 0 Å². The Morgan fingerprint density at radius 2 is 1.92 bits per heavy atom. The van der Waals surface area contributed by atoms with Crippen LogP contribution in [0.1, 0.15) is 10.5 Å². The van der Waals surface area contributed by atoms with E-state index in [1.54, 1.807) is 28.8 Å². The molecule has 0 bridgehead atoms. The highest BCUT2D eigenvalue weighted by Gasteiger charge is 2.18. The molecule has 8 heteroatoms. The van der Waals surface area contributed by atoms with Crippen LogP contribution in [0.2, 0.25) is 0 Å². The zero-order valence-corrected chi connectivity index (χ0v) is 13.0. The van der Waals surface area contributed by atoms with Gasteiger partial charge in [0.2, 0.25) is 5.95 Å². The molecule has 24 heavy (non-hydrogen) atoms. The molecule has 0 saturated heterocycles. The van der Waals surface area contributed by atoms with Crippen molar-refractivity contribution in [2.75, 3.05) is 5.32 Å². The van der Waals surface area contributed by atoms with E-state index in [2.05, 4.69) is 19.0 Å². The third-order valence-corrected chi connectivity index (χ3v) is 3.95. The summed E-state index contributed by atoms with van der Waals surface area (Å²) in [7, 11) is 0. The van der Waals surface area contributed by atoms with E-state index >= 15 is 0 Å². The van der Waals surface area contributed by atoms with Gasteiger partial charge >= 0.3 is 0 Å². The number of benzene rings is 2. The zero-order valence-electron chi connectivity index (χ0n) is 12.2. The van der Waals surface area contributed by atoms with Crippen molar-refractivity contribution >= 4 is 34.6 Å². The molecule has 118 valence electrons. The fraction of sp³-hybridized carbons (Fsp3) is 0. The van der Waals surface area contributed by atoms with Gasteiger partial charge in [-0.2, -0.15) is 8.75 Å². The van der Waals surface area contributed by atoms with Crippen LogP contribution >= 0.6 is 11.7 Å². The van der Waals surface area contributed by atoms with E-state index in [0.717, 1.165) is 11.7 Å². The predicted octanol–water partition coefficient (Wildman–Crippen LogP) is 3.27. The fourth-order valence-electron chi connectivity index (χ4n) is 2.42. The molecular weight excluding hydrogens is 329 g/mol. The highest BCUT2D eigenvalue weighted by Crippen LogP contribution is 2.26. The number of rotatable bonds is 3. The standard InChI is InChI=1S/C16H10FN5OS/c17-10-5-1-3-7-13(10)22-14-8-4-2-6-11(14)19-16(22)20-15(23)12-9-18-24-21-12/h1-9H,(H,19,20,23).